The molecule has 0 spiro atoms. The Bertz CT molecular complexity index is 874. The number of carboxylic acids is 1. The zero-order valence-corrected chi connectivity index (χ0v) is 16.2. The van der Waals surface area contributed by atoms with Crippen molar-refractivity contribution < 1.29 is 24.2 Å². The molecular formula is C20H24N4O5. The van der Waals surface area contributed by atoms with E-state index in [0.717, 1.165) is 5.56 Å². The van der Waals surface area contributed by atoms with Crippen LogP contribution in [0.4, 0.5) is 0 Å². The first-order valence-electron chi connectivity index (χ1n) is 8.75. The fourth-order valence-electron chi connectivity index (χ4n) is 2.62. The second-order valence-electron chi connectivity index (χ2n) is 6.14. The van der Waals surface area contributed by atoms with Crippen molar-refractivity contribution in [3.05, 3.63) is 59.2 Å². The maximum absolute atomic E-state index is 12.3. The van der Waals surface area contributed by atoms with Gasteiger partial charge in [0.05, 0.1) is 26.3 Å². The highest BCUT2D eigenvalue weighted by Gasteiger charge is 2.13. The van der Waals surface area contributed by atoms with Gasteiger partial charge in [0, 0.05) is 5.56 Å². The molecule has 0 saturated heterocycles. The van der Waals surface area contributed by atoms with Gasteiger partial charge >= 0.3 is 5.97 Å². The molecule has 9 heteroatoms. The smallest absolute Gasteiger partial charge is 0.320 e. The quantitative estimate of drug-likeness (QED) is 0.377. The molecule has 2 aromatic carbocycles. The van der Waals surface area contributed by atoms with Crippen LogP contribution in [-0.4, -0.2) is 43.2 Å². The molecule has 1 unspecified atom stereocenters. The lowest BCUT2D eigenvalue weighted by atomic mass is 10.0. The summed E-state index contributed by atoms with van der Waals surface area (Å²) >= 11 is 0. The minimum Gasteiger partial charge on any atom is -0.496 e. The van der Waals surface area contributed by atoms with E-state index in [-0.39, 0.29) is 18.9 Å². The average molecular weight is 400 g/mol. The lowest BCUT2D eigenvalue weighted by Crippen LogP contribution is -2.32. The molecule has 1 atom stereocenters. The maximum Gasteiger partial charge on any atom is 0.320 e. The van der Waals surface area contributed by atoms with Crippen LogP contribution in [0, 0.1) is 0 Å². The molecule has 0 heterocycles. The highest BCUT2D eigenvalue weighted by atomic mass is 16.5. The van der Waals surface area contributed by atoms with E-state index < -0.39 is 17.9 Å². The number of hydrogen-bond acceptors (Lipinski definition) is 5. The van der Waals surface area contributed by atoms with Crippen molar-refractivity contribution in [2.24, 2.45) is 16.5 Å². The Morgan fingerprint density at radius 3 is 2.21 bits per heavy atom. The molecule has 2 aromatic rings. The third-order valence-corrected chi connectivity index (χ3v) is 4.17. The number of ether oxygens (including phenoxy) is 2. The van der Waals surface area contributed by atoms with Gasteiger partial charge in [-0.3, -0.25) is 9.59 Å². The molecule has 0 bridgehead atoms. The second-order valence-corrected chi connectivity index (χ2v) is 6.14. The predicted molar refractivity (Wildman–Crippen MR) is 108 cm³/mol. The van der Waals surface area contributed by atoms with Gasteiger partial charge in [-0.2, -0.15) is 4.99 Å². The molecule has 2 rings (SSSR count). The van der Waals surface area contributed by atoms with E-state index in [1.807, 2.05) is 0 Å². The fourth-order valence-corrected chi connectivity index (χ4v) is 2.62. The monoisotopic (exact) mass is 400 g/mol. The van der Waals surface area contributed by atoms with E-state index in [1.54, 1.807) is 56.7 Å². The summed E-state index contributed by atoms with van der Waals surface area (Å²) in [5, 5.41) is 11.7. The average Bonchev–Trinajstić information content (AvgIpc) is 2.72. The van der Waals surface area contributed by atoms with E-state index >= 15 is 0 Å². The number of carboxylic acid groups (broad SMARTS) is 1. The first-order valence-corrected chi connectivity index (χ1v) is 8.75. The number of methoxy groups -OCH3 is 2. The highest BCUT2D eigenvalue weighted by Crippen LogP contribution is 2.27. The molecule has 29 heavy (non-hydrogen) atoms. The van der Waals surface area contributed by atoms with Crippen molar-refractivity contribution in [3.63, 3.8) is 0 Å². The number of nitrogens with two attached hydrogens (primary N) is 2. The molecule has 0 aliphatic heterocycles. The zero-order valence-electron chi connectivity index (χ0n) is 16.2. The lowest BCUT2D eigenvalue weighted by molar-refractivity contribution is -0.138. The van der Waals surface area contributed by atoms with E-state index in [2.05, 4.69) is 10.3 Å². The summed E-state index contributed by atoms with van der Waals surface area (Å²) in [6.45, 7) is 0.252. The Balaban J connectivity index is 2.03. The molecule has 6 N–H and O–H groups in total. The minimum absolute atomic E-state index is 0.0556. The van der Waals surface area contributed by atoms with Gasteiger partial charge < -0.3 is 31.4 Å². The predicted octanol–water partition coefficient (Wildman–Crippen LogP) is 0.903. The number of guanidine groups is 1. The zero-order chi connectivity index (χ0) is 21.4. The number of carbonyl (C=O) groups is 2. The molecule has 0 radical (unpaired) electrons. The number of rotatable bonds is 8. The van der Waals surface area contributed by atoms with Gasteiger partial charge in [0.2, 0.25) is 0 Å². The van der Waals surface area contributed by atoms with Gasteiger partial charge in [0.1, 0.15) is 17.5 Å². The second kappa shape index (κ2) is 10.1. The summed E-state index contributed by atoms with van der Waals surface area (Å²) in [6.07, 6.45) is 0.164. The van der Waals surface area contributed by atoms with Crippen molar-refractivity contribution >= 4 is 17.8 Å². The Kier molecular flexibility index (Phi) is 7.55. The summed E-state index contributed by atoms with van der Waals surface area (Å²) in [5.41, 5.74) is 13.1. The first-order chi connectivity index (χ1) is 13.8. The van der Waals surface area contributed by atoms with Crippen LogP contribution in [0.2, 0.25) is 0 Å². The molecule has 0 aliphatic carbocycles. The number of aliphatic carboxylic acids is 1. The summed E-state index contributed by atoms with van der Waals surface area (Å²) < 4.78 is 10.6. The molecule has 0 aliphatic rings. The van der Waals surface area contributed by atoms with Gasteiger partial charge in [0.15, 0.2) is 5.96 Å². The van der Waals surface area contributed by atoms with Crippen LogP contribution in [0.5, 0.6) is 11.5 Å². The van der Waals surface area contributed by atoms with Crippen LogP contribution in [0.25, 0.3) is 0 Å². The number of amides is 1. The maximum atomic E-state index is 12.3. The van der Waals surface area contributed by atoms with Gasteiger partial charge in [-0.25, -0.2) is 0 Å². The molecule has 0 aromatic heterocycles. The SMILES string of the molecule is COc1cccc(OC)c1CNC(N)=NC(=O)c1ccc(CC(N)C(=O)O)cc1. The number of nitrogens with zero attached hydrogens (tertiary/aromatic N) is 1. The van der Waals surface area contributed by atoms with Crippen molar-refractivity contribution in [1.29, 1.82) is 0 Å². The van der Waals surface area contributed by atoms with Gasteiger partial charge in [-0.15, -0.1) is 0 Å². The lowest BCUT2D eigenvalue weighted by Gasteiger charge is -2.13. The van der Waals surface area contributed by atoms with Crippen LogP contribution in [0.3, 0.4) is 0 Å². The summed E-state index contributed by atoms with van der Waals surface area (Å²) in [7, 11) is 3.10. The minimum atomic E-state index is -1.08. The van der Waals surface area contributed by atoms with Crippen molar-refractivity contribution in [2.75, 3.05) is 14.2 Å². The third-order valence-electron chi connectivity index (χ3n) is 4.17. The largest absolute Gasteiger partial charge is 0.496 e. The van der Waals surface area contributed by atoms with E-state index in [4.69, 9.17) is 26.0 Å². The van der Waals surface area contributed by atoms with E-state index in [9.17, 15) is 9.59 Å². The number of carbonyl (C=O) groups excluding carboxylic acids is 1. The van der Waals surface area contributed by atoms with Gasteiger partial charge in [-0.1, -0.05) is 18.2 Å². The molecule has 9 nitrogen and oxygen atoms in total. The summed E-state index contributed by atoms with van der Waals surface area (Å²) in [5.74, 6) is -0.437. The van der Waals surface area contributed by atoms with Crippen molar-refractivity contribution in [3.8, 4) is 11.5 Å². The standard InChI is InChI=1S/C20H24N4O5/c1-28-16-4-3-5-17(29-2)14(16)11-23-20(22)24-18(25)13-8-6-12(7-9-13)10-15(21)19(26)27/h3-9,15H,10-11,21H2,1-2H3,(H,26,27)(H3,22,23,24,25). The van der Waals surface area contributed by atoms with Crippen LogP contribution < -0.4 is 26.3 Å². The van der Waals surface area contributed by atoms with Crippen LogP contribution >= 0.6 is 0 Å². The van der Waals surface area contributed by atoms with Crippen molar-refractivity contribution in [2.45, 2.75) is 19.0 Å². The molecule has 1 amide bonds. The van der Waals surface area contributed by atoms with Gasteiger partial charge in [0.25, 0.3) is 5.91 Å². The molecule has 0 saturated carbocycles. The van der Waals surface area contributed by atoms with E-state index in [0.29, 0.717) is 22.6 Å². The van der Waals surface area contributed by atoms with E-state index in [1.165, 1.54) is 0 Å². The molecular weight excluding hydrogens is 376 g/mol. The Morgan fingerprint density at radius 2 is 1.69 bits per heavy atom. The fraction of sp³-hybridized carbons (Fsp3) is 0.250. The Hall–Kier alpha value is -3.59. The Morgan fingerprint density at radius 1 is 1.10 bits per heavy atom. The number of benzene rings is 2. The number of aliphatic imine (C=N–C) groups is 1. The first kappa shape index (κ1) is 21.7. The summed E-state index contributed by atoms with van der Waals surface area (Å²) in [6, 6.07) is 10.7. The van der Waals surface area contributed by atoms with Crippen LogP contribution in [-0.2, 0) is 17.8 Å². The topological polar surface area (TPSA) is 149 Å². The highest BCUT2D eigenvalue weighted by molar-refractivity contribution is 6.02. The molecule has 154 valence electrons. The van der Waals surface area contributed by atoms with Crippen LogP contribution in [0.1, 0.15) is 21.5 Å². The Labute approximate surface area is 168 Å². The third kappa shape index (κ3) is 5.94. The number of hydrogen-bond donors (Lipinski definition) is 4. The van der Waals surface area contributed by atoms with Gasteiger partial charge in [-0.05, 0) is 36.2 Å². The van der Waals surface area contributed by atoms with Crippen LogP contribution in [0.15, 0.2) is 47.5 Å². The normalized spacial score (nSPS) is 12.2. The summed E-state index contributed by atoms with van der Waals surface area (Å²) in [4.78, 5) is 26.9. The van der Waals surface area contributed by atoms with Crippen molar-refractivity contribution in [1.82, 2.24) is 5.32 Å². The number of nitrogens with one attached hydrogen (secondary N) is 1. The molecule has 0 fully saturated rings.